The minimum absolute atomic E-state index is 0.105. The molecular formula is C57H94O6. The van der Waals surface area contributed by atoms with E-state index in [2.05, 4.69) is 69.4 Å². The van der Waals surface area contributed by atoms with E-state index in [4.69, 9.17) is 14.2 Å². The molecule has 6 heteroatoms. The highest BCUT2D eigenvalue weighted by Crippen LogP contribution is 2.14. The highest BCUT2D eigenvalue weighted by atomic mass is 16.6. The molecule has 0 heterocycles. The average Bonchev–Trinajstić information content (AvgIpc) is 3.28. The predicted molar refractivity (Wildman–Crippen MR) is 270 cm³/mol. The zero-order valence-corrected chi connectivity index (χ0v) is 40.8. The number of hydrogen-bond donors (Lipinski definition) is 0. The molecular weight excluding hydrogens is 781 g/mol. The Morgan fingerprint density at radius 3 is 1.17 bits per heavy atom. The third kappa shape index (κ3) is 49.2. The van der Waals surface area contributed by atoms with Crippen molar-refractivity contribution in [3.8, 4) is 0 Å². The summed E-state index contributed by atoms with van der Waals surface area (Å²) in [5.41, 5.74) is 0. The van der Waals surface area contributed by atoms with Crippen LogP contribution < -0.4 is 0 Å². The molecule has 0 radical (unpaired) electrons. The summed E-state index contributed by atoms with van der Waals surface area (Å²) >= 11 is 0. The highest BCUT2D eigenvalue weighted by Gasteiger charge is 2.19. The van der Waals surface area contributed by atoms with Gasteiger partial charge in [-0.3, -0.25) is 14.4 Å². The number of unbranched alkanes of at least 4 members (excludes halogenated alkanes) is 22. The van der Waals surface area contributed by atoms with Crippen LogP contribution in [0, 0.1) is 0 Å². The van der Waals surface area contributed by atoms with Crippen molar-refractivity contribution in [3.05, 3.63) is 97.2 Å². The molecule has 1 atom stereocenters. The van der Waals surface area contributed by atoms with Crippen LogP contribution in [0.1, 0.15) is 226 Å². The molecule has 6 nitrogen and oxygen atoms in total. The Bertz CT molecular complexity index is 1280. The number of ether oxygens (including phenoxy) is 3. The van der Waals surface area contributed by atoms with Crippen LogP contribution in [-0.2, 0) is 28.6 Å². The number of esters is 3. The van der Waals surface area contributed by atoms with E-state index in [0.717, 1.165) is 109 Å². The average molecular weight is 875 g/mol. The van der Waals surface area contributed by atoms with Crippen LogP contribution in [-0.4, -0.2) is 37.2 Å². The molecule has 0 fully saturated rings. The first-order chi connectivity index (χ1) is 31.0. The summed E-state index contributed by atoms with van der Waals surface area (Å²) in [6, 6.07) is 0. The van der Waals surface area contributed by atoms with Gasteiger partial charge in [0.05, 0.1) is 0 Å². The summed E-state index contributed by atoms with van der Waals surface area (Å²) in [7, 11) is 0. The topological polar surface area (TPSA) is 78.9 Å². The summed E-state index contributed by atoms with van der Waals surface area (Å²) in [5.74, 6) is -0.973. The molecule has 0 aromatic heterocycles. The lowest BCUT2D eigenvalue weighted by Crippen LogP contribution is -2.30. The smallest absolute Gasteiger partial charge is 0.306 e. The van der Waals surface area contributed by atoms with E-state index in [1.807, 2.05) is 48.6 Å². The van der Waals surface area contributed by atoms with Crippen molar-refractivity contribution < 1.29 is 28.6 Å². The van der Waals surface area contributed by atoms with Crippen molar-refractivity contribution >= 4 is 17.9 Å². The van der Waals surface area contributed by atoms with E-state index in [0.29, 0.717) is 19.3 Å². The standard InChI is InChI=1S/C57H94O6/c1-4-7-10-13-16-19-22-25-27-28-29-31-32-35-38-41-44-47-50-56(59)62-53-54(52-61-55(58)49-46-43-40-37-34-24-21-18-15-12-9-6-3)63-57(60)51-48-45-42-39-36-33-30-26-23-20-17-14-11-8-5-2/h8-9,11-12,14,17-18,20-21,23,26,29-31,33,36,54H,4-7,10,13,15-16,19,22,24-25,27-28,32,34-35,37-53H2,1-3H3/b11-8-,12-9-,17-14-,21-18-,23-20-,30-26-,31-29-,36-33-. The normalized spacial score (nSPS) is 12.9. The number of carbonyl (C=O) groups is 3. The zero-order valence-electron chi connectivity index (χ0n) is 40.8. The van der Waals surface area contributed by atoms with Gasteiger partial charge in [0.1, 0.15) is 13.2 Å². The Balaban J connectivity index is 4.47. The van der Waals surface area contributed by atoms with Crippen LogP contribution in [0.5, 0.6) is 0 Å². The van der Waals surface area contributed by atoms with Gasteiger partial charge in [-0.25, -0.2) is 0 Å². The van der Waals surface area contributed by atoms with Gasteiger partial charge in [0.2, 0.25) is 0 Å². The van der Waals surface area contributed by atoms with E-state index < -0.39 is 6.10 Å². The van der Waals surface area contributed by atoms with Crippen LogP contribution in [0.2, 0.25) is 0 Å². The summed E-state index contributed by atoms with van der Waals surface area (Å²) in [6.07, 6.45) is 66.8. The first-order valence-corrected chi connectivity index (χ1v) is 25.8. The summed E-state index contributed by atoms with van der Waals surface area (Å²) in [4.78, 5) is 37.9. The van der Waals surface area contributed by atoms with Crippen molar-refractivity contribution in [2.24, 2.45) is 0 Å². The third-order valence-corrected chi connectivity index (χ3v) is 10.7. The predicted octanol–water partition coefficient (Wildman–Crippen LogP) is 17.0. The van der Waals surface area contributed by atoms with Gasteiger partial charge in [-0.05, 0) is 89.9 Å². The largest absolute Gasteiger partial charge is 0.462 e. The van der Waals surface area contributed by atoms with E-state index >= 15 is 0 Å². The van der Waals surface area contributed by atoms with Gasteiger partial charge >= 0.3 is 17.9 Å². The maximum Gasteiger partial charge on any atom is 0.306 e. The van der Waals surface area contributed by atoms with Crippen molar-refractivity contribution in [1.82, 2.24) is 0 Å². The lowest BCUT2D eigenvalue weighted by molar-refractivity contribution is -0.167. The monoisotopic (exact) mass is 875 g/mol. The maximum absolute atomic E-state index is 12.8. The number of allylic oxidation sites excluding steroid dienone is 16. The SMILES string of the molecule is CC\C=C/C=C\C=C/C=C\C=C/CCCCCC(=O)OC(COC(=O)CCCCCCC/C=C\C/C=C\CC)COC(=O)CCCCCCC/C=C\CCCCCCCCCCC. The molecule has 358 valence electrons. The van der Waals surface area contributed by atoms with Crippen LogP contribution in [0.15, 0.2) is 97.2 Å². The second-order valence-corrected chi connectivity index (χ2v) is 16.8. The van der Waals surface area contributed by atoms with Gasteiger partial charge in [0.15, 0.2) is 6.10 Å². The van der Waals surface area contributed by atoms with Crippen molar-refractivity contribution in [2.75, 3.05) is 13.2 Å². The number of hydrogen-bond acceptors (Lipinski definition) is 6. The van der Waals surface area contributed by atoms with E-state index in [-0.39, 0.29) is 37.5 Å². The Hall–Kier alpha value is -3.67. The van der Waals surface area contributed by atoms with Gasteiger partial charge in [0.25, 0.3) is 0 Å². The molecule has 0 spiro atoms. The third-order valence-electron chi connectivity index (χ3n) is 10.7. The molecule has 0 rings (SSSR count). The molecule has 0 aliphatic carbocycles. The zero-order chi connectivity index (χ0) is 45.8. The van der Waals surface area contributed by atoms with Gasteiger partial charge in [-0.2, -0.15) is 0 Å². The van der Waals surface area contributed by atoms with Crippen molar-refractivity contribution in [1.29, 1.82) is 0 Å². The van der Waals surface area contributed by atoms with Crippen LogP contribution >= 0.6 is 0 Å². The fourth-order valence-electron chi connectivity index (χ4n) is 6.85. The Morgan fingerprint density at radius 2 is 0.698 bits per heavy atom. The lowest BCUT2D eigenvalue weighted by Gasteiger charge is -2.18. The Morgan fingerprint density at radius 1 is 0.349 bits per heavy atom. The summed E-state index contributed by atoms with van der Waals surface area (Å²) < 4.78 is 16.7. The molecule has 0 saturated carbocycles. The first kappa shape index (κ1) is 59.3. The summed E-state index contributed by atoms with van der Waals surface area (Å²) in [6.45, 7) is 6.32. The molecule has 0 amide bonds. The quantitative estimate of drug-likeness (QED) is 0.0199. The van der Waals surface area contributed by atoms with Crippen molar-refractivity contribution in [3.63, 3.8) is 0 Å². The Labute approximate surface area is 387 Å². The molecule has 1 unspecified atom stereocenters. The van der Waals surface area contributed by atoms with Gasteiger partial charge in [-0.15, -0.1) is 0 Å². The lowest BCUT2D eigenvalue weighted by atomic mass is 10.1. The van der Waals surface area contributed by atoms with Gasteiger partial charge < -0.3 is 14.2 Å². The molecule has 0 aromatic carbocycles. The fourth-order valence-corrected chi connectivity index (χ4v) is 6.85. The summed E-state index contributed by atoms with van der Waals surface area (Å²) in [5, 5.41) is 0. The minimum atomic E-state index is -0.809. The first-order valence-electron chi connectivity index (χ1n) is 25.8. The minimum Gasteiger partial charge on any atom is -0.462 e. The van der Waals surface area contributed by atoms with Crippen molar-refractivity contribution in [2.45, 2.75) is 232 Å². The van der Waals surface area contributed by atoms with E-state index in [1.54, 1.807) is 0 Å². The highest BCUT2D eigenvalue weighted by molar-refractivity contribution is 5.71. The second kappa shape index (κ2) is 51.0. The number of rotatable bonds is 45. The fraction of sp³-hybridized carbons (Fsp3) is 0.667. The second-order valence-electron chi connectivity index (χ2n) is 16.8. The molecule has 0 aliphatic rings. The molecule has 0 bridgehead atoms. The molecule has 0 saturated heterocycles. The molecule has 0 N–H and O–H groups in total. The molecule has 0 aliphatic heterocycles. The van der Waals surface area contributed by atoms with Crippen LogP contribution in [0.4, 0.5) is 0 Å². The van der Waals surface area contributed by atoms with Crippen LogP contribution in [0.3, 0.4) is 0 Å². The molecule has 63 heavy (non-hydrogen) atoms. The van der Waals surface area contributed by atoms with Gasteiger partial charge in [0, 0.05) is 19.3 Å². The van der Waals surface area contributed by atoms with E-state index in [9.17, 15) is 14.4 Å². The maximum atomic E-state index is 12.8. The number of carbonyl (C=O) groups excluding carboxylic acids is 3. The van der Waals surface area contributed by atoms with Gasteiger partial charge in [-0.1, -0.05) is 214 Å². The van der Waals surface area contributed by atoms with Crippen LogP contribution in [0.25, 0.3) is 0 Å². The molecule has 0 aromatic rings. The Kier molecular flexibility index (Phi) is 48.0. The van der Waals surface area contributed by atoms with E-state index in [1.165, 1.54) is 70.6 Å².